The smallest absolute Gasteiger partial charge is 0.216 e. The van der Waals surface area contributed by atoms with Crippen LogP contribution in [0, 0.1) is 25.6 Å². The monoisotopic (exact) mass is 304 g/mol. The largest absolute Gasteiger partial charge is 0.254 e. The Bertz CT molecular complexity index is 706. The Morgan fingerprint density at radius 3 is 2.32 bits per heavy atom. The Hall–Kier alpha value is -1.84. The lowest BCUT2D eigenvalue weighted by Gasteiger charge is -2.27. The van der Waals surface area contributed by atoms with Crippen LogP contribution in [0.15, 0.2) is 18.3 Å². The van der Waals surface area contributed by atoms with Gasteiger partial charge in [-0.3, -0.25) is 4.98 Å². The summed E-state index contributed by atoms with van der Waals surface area (Å²) in [6.45, 7) is 11.2. The standard InChI is InChI=1S/C18H22F2N2/c1-10(2)13-8-15(19)16(22-12(13)4)18(5,6)14-7-11(3)9-21-17(14)20/h7-10H,1-6H3. The van der Waals surface area contributed by atoms with Crippen LogP contribution in [0.25, 0.3) is 0 Å². The van der Waals surface area contributed by atoms with Gasteiger partial charge in [-0.25, -0.2) is 9.37 Å². The van der Waals surface area contributed by atoms with E-state index in [1.54, 1.807) is 19.9 Å². The molecular weight excluding hydrogens is 282 g/mol. The maximum atomic E-state index is 14.6. The fourth-order valence-electron chi connectivity index (χ4n) is 2.74. The molecule has 0 saturated heterocycles. The van der Waals surface area contributed by atoms with E-state index >= 15 is 0 Å². The molecule has 2 aromatic heterocycles. The summed E-state index contributed by atoms with van der Waals surface area (Å²) in [6.07, 6.45) is 1.46. The number of nitrogens with zero attached hydrogens (tertiary/aromatic N) is 2. The number of aromatic nitrogens is 2. The molecule has 118 valence electrons. The van der Waals surface area contributed by atoms with Crippen molar-refractivity contribution in [3.8, 4) is 0 Å². The van der Waals surface area contributed by atoms with E-state index in [0.717, 1.165) is 16.8 Å². The molecule has 2 heterocycles. The van der Waals surface area contributed by atoms with Gasteiger partial charge in [-0.15, -0.1) is 0 Å². The summed E-state index contributed by atoms with van der Waals surface area (Å²) in [4.78, 5) is 8.19. The fourth-order valence-corrected chi connectivity index (χ4v) is 2.74. The van der Waals surface area contributed by atoms with Crippen LogP contribution >= 0.6 is 0 Å². The van der Waals surface area contributed by atoms with Crippen molar-refractivity contribution < 1.29 is 8.78 Å². The molecule has 0 bridgehead atoms. The first-order valence-corrected chi connectivity index (χ1v) is 7.44. The normalized spacial score (nSPS) is 12.0. The summed E-state index contributed by atoms with van der Waals surface area (Å²) < 4.78 is 28.7. The predicted octanol–water partition coefficient (Wildman–Crippen LogP) is 4.82. The van der Waals surface area contributed by atoms with Crippen molar-refractivity contribution in [2.45, 2.75) is 52.9 Å². The molecule has 0 unspecified atom stereocenters. The predicted molar refractivity (Wildman–Crippen MR) is 84.1 cm³/mol. The van der Waals surface area contributed by atoms with Crippen molar-refractivity contribution in [1.29, 1.82) is 0 Å². The van der Waals surface area contributed by atoms with Crippen molar-refractivity contribution in [2.75, 3.05) is 0 Å². The van der Waals surface area contributed by atoms with Crippen LogP contribution in [0.3, 0.4) is 0 Å². The van der Waals surface area contributed by atoms with E-state index in [4.69, 9.17) is 0 Å². The van der Waals surface area contributed by atoms with Crippen molar-refractivity contribution in [3.63, 3.8) is 0 Å². The molecule has 0 aromatic carbocycles. The van der Waals surface area contributed by atoms with Crippen LogP contribution in [0.1, 0.15) is 61.7 Å². The van der Waals surface area contributed by atoms with Crippen molar-refractivity contribution in [1.82, 2.24) is 9.97 Å². The second kappa shape index (κ2) is 5.75. The third kappa shape index (κ3) is 2.87. The Kier molecular flexibility index (Phi) is 4.32. The molecule has 0 aliphatic heterocycles. The number of hydrogen-bond donors (Lipinski definition) is 0. The van der Waals surface area contributed by atoms with E-state index < -0.39 is 17.2 Å². The first-order valence-electron chi connectivity index (χ1n) is 7.44. The maximum absolute atomic E-state index is 14.6. The Labute approximate surface area is 130 Å². The first-order chi connectivity index (χ1) is 10.1. The van der Waals surface area contributed by atoms with Gasteiger partial charge >= 0.3 is 0 Å². The molecule has 0 amide bonds. The number of rotatable bonds is 3. The average molecular weight is 304 g/mol. The number of hydrogen-bond acceptors (Lipinski definition) is 2. The second-order valence-electron chi connectivity index (χ2n) is 6.62. The molecule has 0 saturated carbocycles. The number of pyridine rings is 2. The van der Waals surface area contributed by atoms with Crippen molar-refractivity contribution in [2.24, 2.45) is 0 Å². The molecule has 0 fully saturated rings. The third-order valence-electron chi connectivity index (χ3n) is 4.07. The van der Waals surface area contributed by atoms with Crippen molar-refractivity contribution in [3.05, 3.63) is 58.2 Å². The van der Waals surface area contributed by atoms with E-state index in [-0.39, 0.29) is 11.6 Å². The highest BCUT2D eigenvalue weighted by atomic mass is 19.1. The van der Waals surface area contributed by atoms with Gasteiger partial charge in [0, 0.05) is 22.9 Å². The second-order valence-corrected chi connectivity index (χ2v) is 6.62. The fraction of sp³-hybridized carbons (Fsp3) is 0.444. The van der Waals surface area contributed by atoms with Gasteiger partial charge in [-0.05, 0) is 56.9 Å². The molecule has 0 aliphatic rings. The van der Waals surface area contributed by atoms with Crippen LogP contribution < -0.4 is 0 Å². The highest BCUT2D eigenvalue weighted by molar-refractivity contribution is 5.38. The van der Waals surface area contributed by atoms with E-state index in [1.165, 1.54) is 12.3 Å². The lowest BCUT2D eigenvalue weighted by Crippen LogP contribution is -2.25. The van der Waals surface area contributed by atoms with Gasteiger partial charge in [0.15, 0.2) is 0 Å². The Morgan fingerprint density at radius 2 is 1.73 bits per heavy atom. The van der Waals surface area contributed by atoms with Gasteiger partial charge in [-0.1, -0.05) is 13.8 Å². The molecule has 0 atom stereocenters. The summed E-state index contributed by atoms with van der Waals surface area (Å²) in [6, 6.07) is 3.22. The van der Waals surface area contributed by atoms with E-state index in [9.17, 15) is 8.78 Å². The molecule has 2 rings (SSSR count). The summed E-state index contributed by atoms with van der Waals surface area (Å²) in [5, 5.41) is 0. The van der Waals surface area contributed by atoms with Gasteiger partial charge in [0.25, 0.3) is 0 Å². The zero-order valence-corrected chi connectivity index (χ0v) is 14.0. The molecular formula is C18H22F2N2. The maximum Gasteiger partial charge on any atom is 0.216 e. The molecule has 22 heavy (non-hydrogen) atoms. The van der Waals surface area contributed by atoms with E-state index in [1.807, 2.05) is 27.7 Å². The molecule has 2 aromatic rings. The Balaban J connectivity index is 2.63. The minimum Gasteiger partial charge on any atom is -0.254 e. The van der Waals surface area contributed by atoms with Crippen LogP contribution in [0.4, 0.5) is 8.78 Å². The minimum absolute atomic E-state index is 0.191. The summed E-state index contributed by atoms with van der Waals surface area (Å²) >= 11 is 0. The lowest BCUT2D eigenvalue weighted by molar-refractivity contribution is 0.482. The topological polar surface area (TPSA) is 25.8 Å². The third-order valence-corrected chi connectivity index (χ3v) is 4.07. The zero-order valence-electron chi connectivity index (χ0n) is 14.0. The molecule has 0 aliphatic carbocycles. The number of halogens is 2. The van der Waals surface area contributed by atoms with Gasteiger partial charge in [0.2, 0.25) is 5.95 Å². The minimum atomic E-state index is -0.895. The molecule has 4 heteroatoms. The van der Waals surface area contributed by atoms with Gasteiger partial charge < -0.3 is 0 Å². The molecule has 0 radical (unpaired) electrons. The summed E-state index contributed by atoms with van der Waals surface area (Å²) in [5.41, 5.74) is 2.20. The zero-order chi connectivity index (χ0) is 16.7. The van der Waals surface area contributed by atoms with Gasteiger partial charge in [0.05, 0.1) is 5.69 Å². The van der Waals surface area contributed by atoms with E-state index in [2.05, 4.69) is 9.97 Å². The quantitative estimate of drug-likeness (QED) is 0.760. The Morgan fingerprint density at radius 1 is 1.09 bits per heavy atom. The number of aryl methyl sites for hydroxylation is 2. The van der Waals surface area contributed by atoms with Crippen LogP contribution in [-0.4, -0.2) is 9.97 Å². The van der Waals surface area contributed by atoms with Crippen LogP contribution in [-0.2, 0) is 5.41 Å². The molecule has 0 N–H and O–H groups in total. The van der Waals surface area contributed by atoms with Gasteiger partial charge in [0.1, 0.15) is 5.82 Å². The van der Waals surface area contributed by atoms with E-state index in [0.29, 0.717) is 5.56 Å². The molecule has 0 spiro atoms. The highest BCUT2D eigenvalue weighted by Gasteiger charge is 2.32. The van der Waals surface area contributed by atoms with Gasteiger partial charge in [-0.2, -0.15) is 4.39 Å². The lowest BCUT2D eigenvalue weighted by atomic mass is 9.80. The average Bonchev–Trinajstić information content (AvgIpc) is 2.43. The SMILES string of the molecule is Cc1cnc(F)c(C(C)(C)c2nc(C)c(C(C)C)cc2F)c1. The van der Waals surface area contributed by atoms with Crippen molar-refractivity contribution >= 4 is 0 Å². The first kappa shape index (κ1) is 16.5. The van der Waals surface area contributed by atoms with Crippen LogP contribution in [0.5, 0.6) is 0 Å². The van der Waals surface area contributed by atoms with Crippen LogP contribution in [0.2, 0.25) is 0 Å². The highest BCUT2D eigenvalue weighted by Crippen LogP contribution is 2.34. The summed E-state index contributed by atoms with van der Waals surface area (Å²) in [5.74, 6) is -0.792. The molecule has 2 nitrogen and oxygen atoms in total. The summed E-state index contributed by atoms with van der Waals surface area (Å²) in [7, 11) is 0.